The molecule has 7 heteroatoms. The maximum Gasteiger partial charge on any atom is 0.292 e. The molecule has 0 radical (unpaired) electrons. The number of nitrogens with zero attached hydrogens (tertiary/aromatic N) is 1. The van der Waals surface area contributed by atoms with Crippen molar-refractivity contribution in [2.75, 3.05) is 0 Å². The van der Waals surface area contributed by atoms with Gasteiger partial charge >= 0.3 is 0 Å². The van der Waals surface area contributed by atoms with Crippen LogP contribution in [0.3, 0.4) is 0 Å². The van der Waals surface area contributed by atoms with Gasteiger partial charge in [-0.3, -0.25) is 4.79 Å². The first-order chi connectivity index (χ1) is 14.9. The van der Waals surface area contributed by atoms with E-state index in [0.717, 1.165) is 5.56 Å². The van der Waals surface area contributed by atoms with Crippen molar-refractivity contribution in [3.63, 3.8) is 0 Å². The van der Waals surface area contributed by atoms with Crippen LogP contribution in [-0.2, 0) is 10.0 Å². The van der Waals surface area contributed by atoms with Crippen molar-refractivity contribution < 1.29 is 12.9 Å². The fourth-order valence-corrected chi connectivity index (χ4v) is 4.62. The average Bonchev–Trinajstić information content (AvgIpc) is 3.07. The van der Waals surface area contributed by atoms with Crippen LogP contribution in [0.2, 0.25) is 0 Å². The molecule has 0 fully saturated rings. The molecule has 1 N–H and O–H groups in total. The highest BCUT2D eigenvalue weighted by atomic mass is 32.2. The Kier molecular flexibility index (Phi) is 5.63. The summed E-state index contributed by atoms with van der Waals surface area (Å²) < 4.78 is 35.9. The molecular formula is C24H22N2O4S. The van der Waals surface area contributed by atoms with E-state index in [0.29, 0.717) is 17.0 Å². The smallest absolute Gasteiger partial charge is 0.292 e. The zero-order chi connectivity index (χ0) is 22.0. The molecule has 4 rings (SSSR count). The number of hydrogen-bond donors (Lipinski definition) is 1. The number of sulfonamides is 1. The van der Waals surface area contributed by atoms with Crippen LogP contribution in [0.5, 0.6) is 0 Å². The minimum absolute atomic E-state index is 0.128. The first-order valence-corrected chi connectivity index (χ1v) is 11.3. The van der Waals surface area contributed by atoms with Crippen LogP contribution in [0.4, 0.5) is 0 Å². The largest absolute Gasteiger partial charge is 0.376 e. The SMILES string of the molecule is Cc1ccc(S(=O)(=O)NC(c2ccccc2)c2c(C)on(-c3ccccc3)c2=O)cc1. The second-order valence-electron chi connectivity index (χ2n) is 7.27. The summed E-state index contributed by atoms with van der Waals surface area (Å²) in [5, 5.41) is 0. The summed E-state index contributed by atoms with van der Waals surface area (Å²) in [6, 6.07) is 23.6. The van der Waals surface area contributed by atoms with Crippen LogP contribution >= 0.6 is 0 Å². The zero-order valence-corrected chi connectivity index (χ0v) is 18.0. The molecule has 0 aliphatic rings. The van der Waals surface area contributed by atoms with Gasteiger partial charge in [0.1, 0.15) is 5.76 Å². The summed E-state index contributed by atoms with van der Waals surface area (Å²) in [7, 11) is -3.90. The first-order valence-electron chi connectivity index (χ1n) is 9.79. The van der Waals surface area contributed by atoms with Crippen LogP contribution in [0.15, 0.2) is 99.1 Å². The normalized spacial score (nSPS) is 12.6. The van der Waals surface area contributed by atoms with Gasteiger partial charge in [0.05, 0.1) is 22.2 Å². The molecule has 1 unspecified atom stereocenters. The molecule has 0 amide bonds. The van der Waals surface area contributed by atoms with E-state index in [1.54, 1.807) is 79.7 Å². The third-order valence-electron chi connectivity index (χ3n) is 5.04. The first kappa shape index (κ1) is 20.8. The van der Waals surface area contributed by atoms with Crippen LogP contribution in [0.1, 0.15) is 28.5 Å². The van der Waals surface area contributed by atoms with E-state index in [1.807, 2.05) is 19.1 Å². The van der Waals surface area contributed by atoms with Crippen LogP contribution < -0.4 is 10.3 Å². The Morgan fingerprint density at radius 2 is 1.42 bits per heavy atom. The minimum Gasteiger partial charge on any atom is -0.376 e. The average molecular weight is 435 g/mol. The van der Waals surface area contributed by atoms with Crippen LogP contribution in [-0.4, -0.2) is 13.2 Å². The van der Waals surface area contributed by atoms with E-state index in [-0.39, 0.29) is 10.5 Å². The number of nitrogens with one attached hydrogen (secondary N) is 1. The molecule has 0 spiro atoms. The number of aryl methyl sites for hydroxylation is 2. The maximum absolute atomic E-state index is 13.3. The van der Waals surface area contributed by atoms with Crippen molar-refractivity contribution in [1.82, 2.24) is 9.46 Å². The summed E-state index contributed by atoms with van der Waals surface area (Å²) >= 11 is 0. The quantitative estimate of drug-likeness (QED) is 0.495. The Labute approximate surface area is 180 Å². The van der Waals surface area contributed by atoms with Gasteiger partial charge in [0.2, 0.25) is 10.0 Å². The van der Waals surface area contributed by atoms with Gasteiger partial charge in [0.15, 0.2) is 0 Å². The molecule has 1 aromatic heterocycles. The fourth-order valence-electron chi connectivity index (χ4n) is 3.43. The summed E-state index contributed by atoms with van der Waals surface area (Å²) in [6.07, 6.45) is 0. The molecule has 3 aromatic carbocycles. The third-order valence-corrected chi connectivity index (χ3v) is 6.48. The molecule has 158 valence electrons. The van der Waals surface area contributed by atoms with Crippen molar-refractivity contribution in [2.45, 2.75) is 24.8 Å². The molecule has 6 nitrogen and oxygen atoms in total. The molecule has 0 aliphatic carbocycles. The number of benzene rings is 3. The van der Waals surface area contributed by atoms with E-state index in [4.69, 9.17) is 4.52 Å². The van der Waals surface area contributed by atoms with Crippen LogP contribution in [0, 0.1) is 13.8 Å². The van der Waals surface area contributed by atoms with Gasteiger partial charge in [-0.25, -0.2) is 8.42 Å². The lowest BCUT2D eigenvalue weighted by molar-refractivity contribution is 0.321. The molecule has 0 saturated carbocycles. The van der Waals surface area contributed by atoms with E-state index in [9.17, 15) is 13.2 Å². The molecule has 4 aromatic rings. The molecular weight excluding hydrogens is 412 g/mol. The second-order valence-corrected chi connectivity index (χ2v) is 8.99. The van der Waals surface area contributed by atoms with E-state index >= 15 is 0 Å². The van der Waals surface area contributed by atoms with Gasteiger partial charge < -0.3 is 4.52 Å². The number of aromatic nitrogens is 1. The van der Waals surface area contributed by atoms with Crippen molar-refractivity contribution >= 4 is 10.0 Å². The highest BCUT2D eigenvalue weighted by molar-refractivity contribution is 7.89. The van der Waals surface area contributed by atoms with Crippen LogP contribution in [0.25, 0.3) is 5.69 Å². The number of para-hydroxylation sites is 1. The zero-order valence-electron chi connectivity index (χ0n) is 17.1. The van der Waals surface area contributed by atoms with Gasteiger partial charge in [-0.15, -0.1) is 4.74 Å². The minimum atomic E-state index is -3.90. The Hall–Kier alpha value is -3.42. The Morgan fingerprint density at radius 3 is 2.03 bits per heavy atom. The van der Waals surface area contributed by atoms with Crippen molar-refractivity contribution in [1.29, 1.82) is 0 Å². The number of hydrogen-bond acceptors (Lipinski definition) is 4. The number of rotatable bonds is 6. The predicted octanol–water partition coefficient (Wildman–Crippen LogP) is 4.12. The van der Waals surface area contributed by atoms with Crippen molar-refractivity contribution in [2.24, 2.45) is 0 Å². The summed E-state index contributed by atoms with van der Waals surface area (Å²) in [5.41, 5.74) is 1.99. The highest BCUT2D eigenvalue weighted by Gasteiger charge is 2.29. The van der Waals surface area contributed by atoms with Crippen molar-refractivity contribution in [3.8, 4) is 5.69 Å². The second kappa shape index (κ2) is 8.37. The lowest BCUT2D eigenvalue weighted by atomic mass is 10.0. The molecule has 31 heavy (non-hydrogen) atoms. The Morgan fingerprint density at radius 1 is 0.839 bits per heavy atom. The Bertz CT molecular complexity index is 1340. The standard InChI is InChI=1S/C24H22N2O4S/c1-17-13-15-21(16-14-17)31(28,29)25-23(19-9-5-3-6-10-19)22-18(2)30-26(24(22)27)20-11-7-4-8-12-20/h3-16,23,25H,1-2H3. The van der Waals surface area contributed by atoms with Gasteiger partial charge in [0, 0.05) is 0 Å². The molecule has 0 saturated heterocycles. The Balaban J connectivity index is 1.83. The van der Waals surface area contributed by atoms with E-state index in [2.05, 4.69) is 4.72 Å². The third kappa shape index (κ3) is 4.23. The van der Waals surface area contributed by atoms with E-state index < -0.39 is 21.6 Å². The summed E-state index contributed by atoms with van der Waals surface area (Å²) in [5.74, 6) is 0.342. The molecule has 1 atom stereocenters. The van der Waals surface area contributed by atoms with Gasteiger partial charge in [-0.1, -0.05) is 66.2 Å². The molecule has 0 bridgehead atoms. The molecule has 1 heterocycles. The van der Waals surface area contributed by atoms with E-state index in [1.165, 1.54) is 4.74 Å². The highest BCUT2D eigenvalue weighted by Crippen LogP contribution is 2.26. The lowest BCUT2D eigenvalue weighted by Crippen LogP contribution is -2.33. The topological polar surface area (TPSA) is 81.3 Å². The monoisotopic (exact) mass is 434 g/mol. The fraction of sp³-hybridized carbons (Fsp3) is 0.125. The lowest BCUT2D eigenvalue weighted by Gasteiger charge is -2.18. The molecule has 0 aliphatic heterocycles. The van der Waals surface area contributed by atoms with Gasteiger partial charge in [-0.2, -0.15) is 4.72 Å². The summed E-state index contributed by atoms with van der Waals surface area (Å²) in [6.45, 7) is 3.55. The predicted molar refractivity (Wildman–Crippen MR) is 119 cm³/mol. The van der Waals surface area contributed by atoms with Gasteiger partial charge in [0.25, 0.3) is 5.56 Å². The van der Waals surface area contributed by atoms with Gasteiger partial charge in [-0.05, 0) is 43.7 Å². The van der Waals surface area contributed by atoms with Crippen molar-refractivity contribution in [3.05, 3.63) is 118 Å². The maximum atomic E-state index is 13.3. The summed E-state index contributed by atoms with van der Waals surface area (Å²) in [4.78, 5) is 13.4.